The number of nitrogens with one attached hydrogen (secondary N) is 1. The van der Waals surface area contributed by atoms with Gasteiger partial charge in [-0.2, -0.15) is 5.26 Å². The van der Waals surface area contributed by atoms with E-state index in [1.807, 2.05) is 6.07 Å². The first-order valence-electron chi connectivity index (χ1n) is 6.44. The van der Waals surface area contributed by atoms with Crippen LogP contribution < -0.4 is 10.2 Å². The number of carbonyl (C=O) groups is 1. The van der Waals surface area contributed by atoms with Crippen LogP contribution in [-0.4, -0.2) is 29.7 Å². The van der Waals surface area contributed by atoms with Gasteiger partial charge in [0, 0.05) is 18.3 Å². The molecule has 6 heteroatoms. The van der Waals surface area contributed by atoms with Gasteiger partial charge in [-0.15, -0.1) is 16.6 Å². The van der Waals surface area contributed by atoms with E-state index in [1.165, 1.54) is 0 Å². The first-order valence-corrected chi connectivity index (χ1v) is 6.44. The molecule has 1 N–H and O–H groups in total. The van der Waals surface area contributed by atoms with Gasteiger partial charge in [0.25, 0.3) is 0 Å². The standard InChI is InChI=1S/C16H13N5O/c1-3-12-5-4-6-13(9-12)18-16(22)11-21(2)15-8-7-14(10-17)19-20-15/h1,4-9H,11H2,2H3,(H,18,22). The summed E-state index contributed by atoms with van der Waals surface area (Å²) in [4.78, 5) is 13.6. The maximum Gasteiger partial charge on any atom is 0.243 e. The molecule has 0 aliphatic heterocycles. The van der Waals surface area contributed by atoms with Gasteiger partial charge in [-0.1, -0.05) is 12.0 Å². The van der Waals surface area contributed by atoms with Crippen LogP contribution in [0.25, 0.3) is 0 Å². The number of likely N-dealkylation sites (N-methyl/N-ethyl adjacent to an activating group) is 1. The maximum atomic E-state index is 12.0. The van der Waals surface area contributed by atoms with Crippen molar-refractivity contribution >= 4 is 17.4 Å². The fourth-order valence-corrected chi connectivity index (χ4v) is 1.77. The highest BCUT2D eigenvalue weighted by molar-refractivity contribution is 5.94. The number of benzene rings is 1. The zero-order valence-electron chi connectivity index (χ0n) is 11.9. The second-order valence-corrected chi connectivity index (χ2v) is 4.52. The summed E-state index contributed by atoms with van der Waals surface area (Å²) in [5.41, 5.74) is 1.57. The van der Waals surface area contributed by atoms with E-state index in [-0.39, 0.29) is 18.1 Å². The summed E-state index contributed by atoms with van der Waals surface area (Å²) >= 11 is 0. The number of hydrogen-bond donors (Lipinski definition) is 1. The van der Waals surface area contributed by atoms with Gasteiger partial charge in [0.15, 0.2) is 11.5 Å². The van der Waals surface area contributed by atoms with Gasteiger partial charge in [-0.3, -0.25) is 4.79 Å². The number of rotatable bonds is 4. The minimum atomic E-state index is -0.206. The summed E-state index contributed by atoms with van der Waals surface area (Å²) in [6, 6.07) is 12.1. The smallest absolute Gasteiger partial charge is 0.243 e. The molecule has 0 saturated heterocycles. The van der Waals surface area contributed by atoms with Crippen LogP contribution in [0.5, 0.6) is 0 Å². The van der Waals surface area contributed by atoms with E-state index in [9.17, 15) is 4.79 Å². The van der Waals surface area contributed by atoms with Crippen molar-refractivity contribution in [2.24, 2.45) is 0 Å². The Kier molecular flexibility index (Phi) is 4.69. The molecule has 0 fully saturated rings. The van der Waals surface area contributed by atoms with Crippen LogP contribution in [0, 0.1) is 23.7 Å². The van der Waals surface area contributed by atoms with Gasteiger partial charge in [-0.25, -0.2) is 0 Å². The second-order valence-electron chi connectivity index (χ2n) is 4.52. The van der Waals surface area contributed by atoms with Crippen molar-refractivity contribution in [2.45, 2.75) is 0 Å². The van der Waals surface area contributed by atoms with E-state index >= 15 is 0 Å². The lowest BCUT2D eigenvalue weighted by Gasteiger charge is -2.16. The number of carbonyl (C=O) groups excluding carboxylic acids is 1. The Morgan fingerprint density at radius 2 is 2.18 bits per heavy atom. The van der Waals surface area contributed by atoms with Crippen LogP contribution in [0.4, 0.5) is 11.5 Å². The number of hydrogen-bond acceptors (Lipinski definition) is 5. The van der Waals surface area contributed by atoms with Crippen molar-refractivity contribution in [1.29, 1.82) is 5.26 Å². The topological polar surface area (TPSA) is 81.9 Å². The second kappa shape index (κ2) is 6.87. The lowest BCUT2D eigenvalue weighted by Crippen LogP contribution is -2.30. The average molecular weight is 291 g/mol. The molecule has 1 aromatic carbocycles. The Hall–Kier alpha value is -3.38. The molecule has 0 atom stereocenters. The molecule has 0 aliphatic carbocycles. The van der Waals surface area contributed by atoms with Gasteiger partial charge >= 0.3 is 0 Å². The Morgan fingerprint density at radius 1 is 1.36 bits per heavy atom. The Balaban J connectivity index is 1.98. The van der Waals surface area contributed by atoms with Crippen molar-refractivity contribution in [3.05, 3.63) is 47.7 Å². The molecule has 0 saturated carbocycles. The molecule has 0 aliphatic rings. The number of amides is 1. The zero-order chi connectivity index (χ0) is 15.9. The zero-order valence-corrected chi connectivity index (χ0v) is 11.9. The minimum Gasteiger partial charge on any atom is -0.349 e. The van der Waals surface area contributed by atoms with Crippen molar-refractivity contribution in [2.75, 3.05) is 23.8 Å². The summed E-state index contributed by atoms with van der Waals surface area (Å²) in [5.74, 6) is 2.81. The van der Waals surface area contributed by atoms with Crippen LogP contribution in [0.15, 0.2) is 36.4 Å². The fraction of sp³-hybridized carbons (Fsp3) is 0.125. The quantitative estimate of drug-likeness (QED) is 0.861. The molecule has 1 heterocycles. The molecule has 0 unspecified atom stereocenters. The van der Waals surface area contributed by atoms with E-state index in [2.05, 4.69) is 21.4 Å². The molecule has 2 aromatic rings. The van der Waals surface area contributed by atoms with Gasteiger partial charge in [0.1, 0.15) is 6.07 Å². The monoisotopic (exact) mass is 291 g/mol. The molecule has 22 heavy (non-hydrogen) atoms. The van der Waals surface area contributed by atoms with E-state index in [4.69, 9.17) is 11.7 Å². The van der Waals surface area contributed by atoms with Crippen molar-refractivity contribution in [1.82, 2.24) is 10.2 Å². The highest BCUT2D eigenvalue weighted by Crippen LogP contribution is 2.11. The SMILES string of the molecule is C#Cc1cccc(NC(=O)CN(C)c2ccc(C#N)nn2)c1. The molecular weight excluding hydrogens is 278 g/mol. The third-order valence-corrected chi connectivity index (χ3v) is 2.85. The number of terminal acetylenes is 1. The molecule has 108 valence electrons. The Bertz CT molecular complexity index is 755. The van der Waals surface area contributed by atoms with Crippen LogP contribution in [0.2, 0.25) is 0 Å². The number of nitrogens with zero attached hydrogens (tertiary/aromatic N) is 4. The molecule has 0 radical (unpaired) electrons. The van der Waals surface area contributed by atoms with E-state index < -0.39 is 0 Å². The molecule has 0 bridgehead atoms. The van der Waals surface area contributed by atoms with Crippen molar-refractivity contribution in [3.8, 4) is 18.4 Å². The Labute approximate surface area is 128 Å². The van der Waals surface area contributed by atoms with Gasteiger partial charge in [0.2, 0.25) is 5.91 Å². The third-order valence-electron chi connectivity index (χ3n) is 2.85. The lowest BCUT2D eigenvalue weighted by molar-refractivity contribution is -0.114. The van der Waals surface area contributed by atoms with Crippen LogP contribution in [0.3, 0.4) is 0 Å². The summed E-state index contributed by atoms with van der Waals surface area (Å²) < 4.78 is 0. The number of anilines is 2. The molecular formula is C16H13N5O. The van der Waals surface area contributed by atoms with Gasteiger partial charge < -0.3 is 10.2 Å². The number of nitriles is 1. The van der Waals surface area contributed by atoms with Gasteiger partial charge in [-0.05, 0) is 30.3 Å². The van der Waals surface area contributed by atoms with Gasteiger partial charge in [0.05, 0.1) is 6.54 Å². The van der Waals surface area contributed by atoms with E-state index in [1.54, 1.807) is 48.3 Å². The normalized spacial score (nSPS) is 9.41. The summed E-state index contributed by atoms with van der Waals surface area (Å²) in [7, 11) is 1.72. The van der Waals surface area contributed by atoms with Crippen LogP contribution in [-0.2, 0) is 4.79 Å². The summed E-state index contributed by atoms with van der Waals surface area (Å²) in [6.45, 7) is 0.0981. The number of aromatic nitrogens is 2. The van der Waals surface area contributed by atoms with Crippen molar-refractivity contribution < 1.29 is 4.79 Å². The molecule has 1 aromatic heterocycles. The fourth-order valence-electron chi connectivity index (χ4n) is 1.77. The molecule has 1 amide bonds. The average Bonchev–Trinajstić information content (AvgIpc) is 2.55. The Morgan fingerprint density at radius 3 is 2.82 bits per heavy atom. The predicted octanol–water partition coefficient (Wildman–Crippen LogP) is 1.40. The lowest BCUT2D eigenvalue weighted by atomic mass is 10.2. The van der Waals surface area contributed by atoms with Crippen LogP contribution in [0.1, 0.15) is 11.3 Å². The van der Waals surface area contributed by atoms with Crippen molar-refractivity contribution in [3.63, 3.8) is 0 Å². The molecule has 0 spiro atoms. The van der Waals surface area contributed by atoms with E-state index in [0.717, 1.165) is 0 Å². The van der Waals surface area contributed by atoms with E-state index in [0.29, 0.717) is 17.1 Å². The molecule has 6 nitrogen and oxygen atoms in total. The molecule has 2 rings (SSSR count). The largest absolute Gasteiger partial charge is 0.349 e. The highest BCUT2D eigenvalue weighted by atomic mass is 16.2. The highest BCUT2D eigenvalue weighted by Gasteiger charge is 2.09. The minimum absolute atomic E-state index is 0.0981. The predicted molar refractivity (Wildman–Crippen MR) is 83.0 cm³/mol. The summed E-state index contributed by atoms with van der Waals surface area (Å²) in [5, 5.41) is 19.0. The summed E-state index contributed by atoms with van der Waals surface area (Å²) in [6.07, 6.45) is 5.32. The van der Waals surface area contributed by atoms with Crippen LogP contribution >= 0.6 is 0 Å². The first kappa shape index (κ1) is 15.0. The first-order chi connectivity index (χ1) is 10.6. The maximum absolute atomic E-state index is 12.0. The third kappa shape index (κ3) is 3.81.